The average molecular weight is 365 g/mol. The van der Waals surface area contributed by atoms with Crippen molar-refractivity contribution in [1.82, 2.24) is 9.88 Å². The first kappa shape index (κ1) is 17.7. The quantitative estimate of drug-likeness (QED) is 0.701. The third kappa shape index (κ3) is 4.37. The third-order valence-corrected chi connectivity index (χ3v) is 5.15. The molecule has 5 heteroatoms. The molecular formula is C22H24FN3O. The van der Waals surface area contributed by atoms with Crippen molar-refractivity contribution in [1.29, 1.82) is 0 Å². The zero-order valence-electron chi connectivity index (χ0n) is 15.3. The topological polar surface area (TPSA) is 48.1 Å². The molecule has 3 aromatic rings. The number of likely N-dealkylation sites (tertiary alicyclic amines) is 1. The largest absolute Gasteiger partial charge is 0.361 e. The highest BCUT2D eigenvalue weighted by Gasteiger charge is 2.12. The predicted molar refractivity (Wildman–Crippen MR) is 106 cm³/mol. The van der Waals surface area contributed by atoms with Crippen LogP contribution in [0.1, 0.15) is 30.4 Å². The van der Waals surface area contributed by atoms with Gasteiger partial charge in [0.1, 0.15) is 5.82 Å². The van der Waals surface area contributed by atoms with Crippen LogP contribution in [-0.4, -0.2) is 28.9 Å². The van der Waals surface area contributed by atoms with Crippen molar-refractivity contribution in [2.45, 2.75) is 32.2 Å². The fourth-order valence-corrected chi connectivity index (χ4v) is 3.80. The van der Waals surface area contributed by atoms with Crippen molar-refractivity contribution in [2.24, 2.45) is 0 Å². The molecule has 0 atom stereocenters. The van der Waals surface area contributed by atoms with Gasteiger partial charge in [-0.2, -0.15) is 0 Å². The van der Waals surface area contributed by atoms with Crippen molar-refractivity contribution in [3.63, 3.8) is 0 Å². The van der Waals surface area contributed by atoms with Crippen molar-refractivity contribution in [2.75, 3.05) is 18.4 Å². The van der Waals surface area contributed by atoms with E-state index in [2.05, 4.69) is 21.3 Å². The molecule has 1 aromatic heterocycles. The second-order valence-corrected chi connectivity index (χ2v) is 7.27. The maximum absolute atomic E-state index is 13.5. The number of carbonyl (C=O) groups is 1. The lowest BCUT2D eigenvalue weighted by Crippen LogP contribution is -2.29. The summed E-state index contributed by atoms with van der Waals surface area (Å²) in [6.45, 7) is 3.22. The Kier molecular flexibility index (Phi) is 5.21. The molecule has 1 saturated heterocycles. The van der Waals surface area contributed by atoms with Crippen LogP contribution in [0.5, 0.6) is 0 Å². The molecule has 0 radical (unpaired) electrons. The number of nitrogens with one attached hydrogen (secondary N) is 2. The third-order valence-electron chi connectivity index (χ3n) is 5.15. The summed E-state index contributed by atoms with van der Waals surface area (Å²) in [4.78, 5) is 18.0. The van der Waals surface area contributed by atoms with Crippen LogP contribution in [-0.2, 0) is 17.8 Å². The number of fused-ring (bicyclic) bond motifs is 1. The van der Waals surface area contributed by atoms with Gasteiger partial charge in [0.25, 0.3) is 0 Å². The number of aromatic amines is 1. The molecule has 0 saturated carbocycles. The van der Waals surface area contributed by atoms with Crippen molar-refractivity contribution in [3.8, 4) is 0 Å². The van der Waals surface area contributed by atoms with E-state index >= 15 is 0 Å². The van der Waals surface area contributed by atoms with Gasteiger partial charge < -0.3 is 10.3 Å². The molecule has 0 spiro atoms. The molecule has 1 fully saturated rings. The number of aromatic nitrogens is 1. The number of piperidine rings is 1. The van der Waals surface area contributed by atoms with Crippen LogP contribution in [0.25, 0.3) is 10.9 Å². The summed E-state index contributed by atoms with van der Waals surface area (Å²) in [5.41, 5.74) is 3.65. The first-order valence-electron chi connectivity index (χ1n) is 9.54. The Morgan fingerprint density at radius 2 is 1.96 bits per heavy atom. The van der Waals surface area contributed by atoms with Crippen LogP contribution in [0.15, 0.2) is 48.7 Å². The molecule has 1 aliphatic heterocycles. The summed E-state index contributed by atoms with van der Waals surface area (Å²) < 4.78 is 13.5. The SMILES string of the molecule is O=C(Cc1c[nH]c2ccc(F)cc12)Nc1cccc(CN2CCCCC2)c1. The normalized spacial score (nSPS) is 15.1. The van der Waals surface area contributed by atoms with Crippen LogP contribution in [0.4, 0.5) is 10.1 Å². The number of anilines is 1. The maximum atomic E-state index is 13.5. The average Bonchev–Trinajstić information content (AvgIpc) is 3.05. The minimum atomic E-state index is -0.297. The Balaban J connectivity index is 1.41. The van der Waals surface area contributed by atoms with E-state index < -0.39 is 0 Å². The molecule has 0 unspecified atom stereocenters. The molecule has 27 heavy (non-hydrogen) atoms. The summed E-state index contributed by atoms with van der Waals surface area (Å²) in [6, 6.07) is 12.6. The number of halogens is 1. The van der Waals surface area contributed by atoms with Gasteiger partial charge in [-0.25, -0.2) is 4.39 Å². The first-order chi connectivity index (χ1) is 13.2. The van der Waals surface area contributed by atoms with Crippen LogP contribution in [0.3, 0.4) is 0 Å². The highest BCUT2D eigenvalue weighted by Crippen LogP contribution is 2.21. The molecule has 0 aliphatic carbocycles. The van der Waals surface area contributed by atoms with Gasteiger partial charge in [-0.1, -0.05) is 18.6 Å². The number of carbonyl (C=O) groups excluding carboxylic acids is 1. The Morgan fingerprint density at radius 1 is 1.11 bits per heavy atom. The van der Waals surface area contributed by atoms with Crippen LogP contribution in [0.2, 0.25) is 0 Å². The predicted octanol–water partition coefficient (Wildman–Crippen LogP) is 4.47. The summed E-state index contributed by atoms with van der Waals surface area (Å²) in [5.74, 6) is -0.399. The van der Waals surface area contributed by atoms with Crippen LogP contribution in [0, 0.1) is 5.82 Å². The zero-order chi connectivity index (χ0) is 18.6. The van der Waals surface area contributed by atoms with Gasteiger partial charge >= 0.3 is 0 Å². The summed E-state index contributed by atoms with van der Waals surface area (Å²) in [6.07, 6.45) is 5.84. The lowest BCUT2D eigenvalue weighted by molar-refractivity contribution is -0.115. The fraction of sp³-hybridized carbons (Fsp3) is 0.318. The molecule has 0 bridgehead atoms. The number of hydrogen-bond donors (Lipinski definition) is 2. The Labute approximate surface area is 158 Å². The molecule has 2 heterocycles. The first-order valence-corrected chi connectivity index (χ1v) is 9.54. The van der Waals surface area contributed by atoms with Gasteiger partial charge in [0.15, 0.2) is 0 Å². The molecule has 4 nitrogen and oxygen atoms in total. The number of H-pyrrole nitrogens is 1. The van der Waals surface area contributed by atoms with Gasteiger partial charge in [0, 0.05) is 29.3 Å². The highest BCUT2D eigenvalue weighted by atomic mass is 19.1. The molecule has 1 amide bonds. The van der Waals surface area contributed by atoms with E-state index in [1.165, 1.54) is 37.0 Å². The summed E-state index contributed by atoms with van der Waals surface area (Å²) >= 11 is 0. The number of nitrogens with zero attached hydrogens (tertiary/aromatic N) is 1. The van der Waals surface area contributed by atoms with Crippen LogP contribution < -0.4 is 5.32 Å². The highest BCUT2D eigenvalue weighted by molar-refractivity contribution is 5.95. The molecular weight excluding hydrogens is 341 g/mol. The molecule has 140 valence electrons. The Hall–Kier alpha value is -2.66. The van der Waals surface area contributed by atoms with Crippen molar-refractivity contribution < 1.29 is 9.18 Å². The summed E-state index contributed by atoms with van der Waals surface area (Å²) in [7, 11) is 0. The van der Waals surface area contributed by atoms with Gasteiger partial charge in [-0.15, -0.1) is 0 Å². The number of rotatable bonds is 5. The van der Waals surface area contributed by atoms with Gasteiger partial charge in [0.05, 0.1) is 6.42 Å². The van der Waals surface area contributed by atoms with Gasteiger partial charge in [0.2, 0.25) is 5.91 Å². The smallest absolute Gasteiger partial charge is 0.228 e. The minimum Gasteiger partial charge on any atom is -0.361 e. The fourth-order valence-electron chi connectivity index (χ4n) is 3.80. The van der Waals surface area contributed by atoms with E-state index in [-0.39, 0.29) is 18.1 Å². The summed E-state index contributed by atoms with van der Waals surface area (Å²) in [5, 5.41) is 3.73. The Morgan fingerprint density at radius 3 is 2.81 bits per heavy atom. The van der Waals surface area contributed by atoms with E-state index in [1.54, 1.807) is 12.3 Å². The van der Waals surface area contributed by atoms with E-state index in [1.807, 2.05) is 18.2 Å². The molecule has 2 N–H and O–H groups in total. The van der Waals surface area contributed by atoms with E-state index in [0.29, 0.717) is 0 Å². The molecule has 4 rings (SSSR count). The van der Waals surface area contributed by atoms with Crippen molar-refractivity contribution >= 4 is 22.5 Å². The zero-order valence-corrected chi connectivity index (χ0v) is 15.3. The number of benzene rings is 2. The van der Waals surface area contributed by atoms with E-state index in [4.69, 9.17) is 0 Å². The number of amides is 1. The lowest BCUT2D eigenvalue weighted by Gasteiger charge is -2.26. The monoisotopic (exact) mass is 365 g/mol. The number of hydrogen-bond acceptors (Lipinski definition) is 2. The Bertz CT molecular complexity index is 944. The van der Waals surface area contributed by atoms with Crippen molar-refractivity contribution in [3.05, 3.63) is 65.6 Å². The van der Waals surface area contributed by atoms with E-state index in [0.717, 1.165) is 41.8 Å². The van der Waals surface area contributed by atoms with E-state index in [9.17, 15) is 9.18 Å². The molecule has 1 aliphatic rings. The lowest BCUT2D eigenvalue weighted by atomic mass is 10.1. The maximum Gasteiger partial charge on any atom is 0.228 e. The van der Waals surface area contributed by atoms with Gasteiger partial charge in [-0.3, -0.25) is 9.69 Å². The molecule has 2 aromatic carbocycles. The van der Waals surface area contributed by atoms with Crippen LogP contribution >= 0.6 is 0 Å². The second kappa shape index (κ2) is 7.92. The minimum absolute atomic E-state index is 0.102. The standard InChI is InChI=1S/C22H24FN3O/c23-18-7-8-21-20(13-18)17(14-24-21)12-22(27)25-19-6-4-5-16(11-19)15-26-9-2-1-3-10-26/h4-8,11,13-14,24H,1-3,9-10,12,15H2,(H,25,27). The van der Waals surface area contributed by atoms with Gasteiger partial charge in [-0.05, 0) is 67.4 Å². The second-order valence-electron chi connectivity index (χ2n) is 7.27.